The average molecular weight is 767 g/mol. The van der Waals surface area contributed by atoms with E-state index in [0.717, 1.165) is 53.1 Å². The zero-order chi connectivity index (χ0) is 37.4. The number of methoxy groups -OCH3 is 2. The third-order valence-corrected chi connectivity index (χ3v) is 11.8. The van der Waals surface area contributed by atoms with Crippen LogP contribution in [0.15, 0.2) is 89.8 Å². The fraction of sp³-hybridized carbons (Fsp3) is 0.350. The van der Waals surface area contributed by atoms with Gasteiger partial charge >= 0.3 is 0 Å². The second-order valence-corrected chi connectivity index (χ2v) is 15.9. The molecule has 0 saturated heterocycles. The first-order valence-electron chi connectivity index (χ1n) is 17.3. The highest BCUT2D eigenvalue weighted by atomic mass is 35.5. The minimum absolute atomic E-state index is 0.0151. The van der Waals surface area contributed by atoms with Crippen LogP contribution in [0.2, 0.25) is 10.0 Å². The van der Waals surface area contributed by atoms with E-state index in [1.807, 2.05) is 50.2 Å². The molecule has 1 saturated carbocycles. The molecule has 1 fully saturated rings. The Morgan fingerprint density at radius 2 is 1.48 bits per heavy atom. The largest absolute Gasteiger partial charge is 0.493 e. The lowest BCUT2D eigenvalue weighted by molar-refractivity contribution is -0.140. The van der Waals surface area contributed by atoms with E-state index >= 15 is 0 Å². The number of ether oxygens (including phenoxy) is 2. The molecule has 1 aliphatic carbocycles. The molecule has 0 aliphatic heterocycles. The van der Waals surface area contributed by atoms with Crippen molar-refractivity contribution < 1.29 is 27.5 Å². The van der Waals surface area contributed by atoms with E-state index in [0.29, 0.717) is 27.0 Å². The predicted molar refractivity (Wildman–Crippen MR) is 206 cm³/mol. The van der Waals surface area contributed by atoms with Crippen LogP contribution in [0, 0.1) is 13.8 Å². The quantitative estimate of drug-likeness (QED) is 0.140. The second-order valence-electron chi connectivity index (χ2n) is 13.2. The first-order chi connectivity index (χ1) is 24.9. The summed E-state index contributed by atoms with van der Waals surface area (Å²) >= 11 is 12.7. The number of amides is 2. The third kappa shape index (κ3) is 9.59. The summed E-state index contributed by atoms with van der Waals surface area (Å²) < 4.78 is 41.1. The topological polar surface area (TPSA) is 105 Å². The lowest BCUT2D eigenvalue weighted by Gasteiger charge is -2.35. The van der Waals surface area contributed by atoms with Crippen molar-refractivity contribution in [3.05, 3.63) is 117 Å². The molecular formula is C40H45Cl2N3O6S. The molecule has 0 spiro atoms. The number of aryl methyl sites for hydroxylation is 2. The van der Waals surface area contributed by atoms with Crippen molar-refractivity contribution in [2.45, 2.75) is 75.9 Å². The summed E-state index contributed by atoms with van der Waals surface area (Å²) in [6.45, 7) is 3.11. The first-order valence-corrected chi connectivity index (χ1v) is 19.5. The monoisotopic (exact) mass is 765 g/mol. The molecule has 0 aromatic heterocycles. The molecule has 1 N–H and O–H groups in total. The minimum atomic E-state index is -4.38. The highest BCUT2D eigenvalue weighted by Crippen LogP contribution is 2.33. The number of sulfonamides is 1. The molecule has 1 aliphatic rings. The Morgan fingerprint density at radius 3 is 2.12 bits per heavy atom. The Labute approximate surface area is 316 Å². The van der Waals surface area contributed by atoms with E-state index in [-0.39, 0.29) is 35.6 Å². The maximum atomic E-state index is 14.9. The van der Waals surface area contributed by atoms with Crippen molar-refractivity contribution in [3.63, 3.8) is 0 Å². The molecule has 12 heteroatoms. The Kier molecular flexibility index (Phi) is 13.1. The number of hydrogen-bond donors (Lipinski definition) is 1. The molecule has 52 heavy (non-hydrogen) atoms. The summed E-state index contributed by atoms with van der Waals surface area (Å²) in [4.78, 5) is 30.6. The summed E-state index contributed by atoms with van der Waals surface area (Å²) in [7, 11) is -1.49. The highest BCUT2D eigenvalue weighted by molar-refractivity contribution is 7.92. The second kappa shape index (κ2) is 17.5. The minimum Gasteiger partial charge on any atom is -0.493 e. The molecule has 1 atom stereocenters. The lowest BCUT2D eigenvalue weighted by Crippen LogP contribution is -2.55. The number of carbonyl (C=O) groups is 2. The number of carbonyl (C=O) groups excluding carboxylic acids is 2. The molecule has 0 bridgehead atoms. The number of anilines is 1. The van der Waals surface area contributed by atoms with Gasteiger partial charge in [0.1, 0.15) is 12.6 Å². The Bertz CT molecular complexity index is 1970. The Hall–Kier alpha value is -4.25. The number of nitrogens with zero attached hydrogens (tertiary/aromatic N) is 2. The molecule has 5 rings (SSSR count). The van der Waals surface area contributed by atoms with Gasteiger partial charge in [0, 0.05) is 25.1 Å². The summed E-state index contributed by atoms with van der Waals surface area (Å²) in [6.07, 6.45) is 5.06. The third-order valence-electron chi connectivity index (χ3n) is 9.28. The molecule has 0 heterocycles. The van der Waals surface area contributed by atoms with Gasteiger partial charge in [0.25, 0.3) is 10.0 Å². The predicted octanol–water partition coefficient (Wildman–Crippen LogP) is 7.91. The molecule has 9 nitrogen and oxygen atoms in total. The molecule has 4 aromatic carbocycles. The van der Waals surface area contributed by atoms with Gasteiger partial charge in [-0.05, 0) is 85.3 Å². The van der Waals surface area contributed by atoms with Gasteiger partial charge in [-0.25, -0.2) is 8.42 Å². The number of halogens is 2. The van der Waals surface area contributed by atoms with Crippen LogP contribution in [-0.2, 0) is 32.6 Å². The SMILES string of the molecule is COc1ccc(S(=O)(=O)N(CC(=O)N(Cc2ccc(Cl)c(Cl)c2)[C@@H](Cc2ccccc2)C(=O)NC2CCCCC2)c2cc(C)cc(C)c2)cc1OC. The van der Waals surface area contributed by atoms with E-state index in [1.165, 1.54) is 37.3 Å². The Balaban J connectivity index is 1.61. The van der Waals surface area contributed by atoms with Crippen molar-refractivity contribution in [2.75, 3.05) is 25.1 Å². The smallest absolute Gasteiger partial charge is 0.264 e. The Morgan fingerprint density at radius 1 is 0.808 bits per heavy atom. The van der Waals surface area contributed by atoms with Crippen molar-refractivity contribution in [1.82, 2.24) is 10.2 Å². The van der Waals surface area contributed by atoms with Crippen LogP contribution in [-0.4, -0.2) is 58.0 Å². The van der Waals surface area contributed by atoms with E-state index < -0.39 is 28.5 Å². The van der Waals surface area contributed by atoms with E-state index in [1.54, 1.807) is 30.3 Å². The number of hydrogen-bond acceptors (Lipinski definition) is 6. The van der Waals surface area contributed by atoms with E-state index in [2.05, 4.69) is 5.32 Å². The number of nitrogens with one attached hydrogen (secondary N) is 1. The first kappa shape index (κ1) is 39.0. The lowest BCUT2D eigenvalue weighted by atomic mass is 9.94. The number of rotatable bonds is 14. The van der Waals surface area contributed by atoms with Gasteiger partial charge in [-0.1, -0.05) is 84.9 Å². The maximum absolute atomic E-state index is 14.9. The fourth-order valence-corrected chi connectivity index (χ4v) is 8.40. The fourth-order valence-electron chi connectivity index (χ4n) is 6.66. The molecule has 0 radical (unpaired) electrons. The van der Waals surface area contributed by atoms with Gasteiger partial charge in [-0.2, -0.15) is 0 Å². The van der Waals surface area contributed by atoms with Crippen LogP contribution in [0.3, 0.4) is 0 Å². The summed E-state index contributed by atoms with van der Waals surface area (Å²) in [5, 5.41) is 3.87. The van der Waals surface area contributed by atoms with Gasteiger partial charge in [0.2, 0.25) is 11.8 Å². The summed E-state index contributed by atoms with van der Waals surface area (Å²) in [5.41, 5.74) is 3.42. The molecule has 2 amide bonds. The molecule has 0 unspecified atom stereocenters. The van der Waals surface area contributed by atoms with Crippen LogP contribution in [0.1, 0.15) is 54.4 Å². The van der Waals surface area contributed by atoms with Gasteiger partial charge in [0.05, 0.1) is 34.8 Å². The molecular weight excluding hydrogens is 721 g/mol. The van der Waals surface area contributed by atoms with Crippen LogP contribution >= 0.6 is 23.2 Å². The van der Waals surface area contributed by atoms with Crippen LogP contribution in [0.25, 0.3) is 0 Å². The number of benzene rings is 4. The van der Waals surface area contributed by atoms with Gasteiger partial charge < -0.3 is 19.7 Å². The highest BCUT2D eigenvalue weighted by Gasteiger charge is 2.36. The van der Waals surface area contributed by atoms with E-state index in [4.69, 9.17) is 32.7 Å². The molecule has 4 aromatic rings. The standard InChI is InChI=1S/C40H45Cl2N3O6S/c1-27-19-28(2)21-32(20-27)45(52(48,49)33-16-18-37(50-3)38(24-33)51-4)26-39(46)44(25-30-15-17-34(41)35(42)22-30)36(23-29-11-7-5-8-12-29)40(47)43-31-13-9-6-10-14-31/h5,7-8,11-12,15-22,24,31,36H,6,9-10,13-14,23,25-26H2,1-4H3,(H,43,47)/t36-/m0/s1. The summed E-state index contributed by atoms with van der Waals surface area (Å²) in [6, 6.07) is 23.2. The van der Waals surface area contributed by atoms with Crippen molar-refractivity contribution in [3.8, 4) is 11.5 Å². The normalized spacial score (nSPS) is 14.0. The zero-order valence-electron chi connectivity index (χ0n) is 29.9. The van der Waals surface area contributed by atoms with Gasteiger partial charge in [-0.3, -0.25) is 13.9 Å². The van der Waals surface area contributed by atoms with Crippen molar-refractivity contribution in [1.29, 1.82) is 0 Å². The summed E-state index contributed by atoms with van der Waals surface area (Å²) in [5.74, 6) is -0.297. The zero-order valence-corrected chi connectivity index (χ0v) is 32.2. The van der Waals surface area contributed by atoms with Crippen molar-refractivity contribution in [2.24, 2.45) is 0 Å². The molecule has 276 valence electrons. The van der Waals surface area contributed by atoms with Crippen LogP contribution in [0.5, 0.6) is 11.5 Å². The van der Waals surface area contributed by atoms with Gasteiger partial charge in [0.15, 0.2) is 11.5 Å². The maximum Gasteiger partial charge on any atom is 0.264 e. The average Bonchev–Trinajstić information content (AvgIpc) is 3.13. The van der Waals surface area contributed by atoms with E-state index in [9.17, 15) is 18.0 Å². The van der Waals surface area contributed by atoms with Gasteiger partial charge in [-0.15, -0.1) is 0 Å². The van der Waals surface area contributed by atoms with Crippen LogP contribution < -0.4 is 19.1 Å². The van der Waals surface area contributed by atoms with Crippen molar-refractivity contribution >= 4 is 50.7 Å². The van der Waals surface area contributed by atoms with Crippen LogP contribution in [0.4, 0.5) is 5.69 Å².